The number of hydrogen-bond acceptors (Lipinski definition) is 12. The Bertz CT molecular complexity index is 1870. The molecule has 4 aromatic rings. The second kappa shape index (κ2) is 13.0. The fourth-order valence-electron chi connectivity index (χ4n) is 4.86. The van der Waals surface area contributed by atoms with E-state index in [2.05, 4.69) is 25.5 Å². The topological polar surface area (TPSA) is 167 Å². The van der Waals surface area contributed by atoms with Crippen molar-refractivity contribution < 1.29 is 31.9 Å². The number of rotatable bonds is 6. The molecule has 3 aromatic heterocycles. The molecule has 1 fully saturated rings. The van der Waals surface area contributed by atoms with Crippen LogP contribution >= 0.6 is 11.3 Å². The van der Waals surface area contributed by atoms with Gasteiger partial charge in [0.05, 0.1) is 26.9 Å². The van der Waals surface area contributed by atoms with Crippen LogP contribution in [0.3, 0.4) is 0 Å². The summed E-state index contributed by atoms with van der Waals surface area (Å²) in [5.74, 6) is 0.372. The van der Waals surface area contributed by atoms with E-state index < -0.39 is 38.5 Å². The summed E-state index contributed by atoms with van der Waals surface area (Å²) in [6, 6.07) is 8.22. The van der Waals surface area contributed by atoms with Crippen molar-refractivity contribution in [3.8, 4) is 33.6 Å². The lowest BCUT2D eigenvalue weighted by Gasteiger charge is -2.33. The SMILES string of the molecule is Cc1ccsc1-c1nnc(-c2nc(-c3ccc(S(=O)(=O)C4CCCN(C(=O)OC(C)(C)C)C4)cc3)cnc2NC(=O)OC(C)(C)C)o1. The van der Waals surface area contributed by atoms with Crippen molar-refractivity contribution in [1.82, 2.24) is 25.1 Å². The summed E-state index contributed by atoms with van der Waals surface area (Å²) in [6.45, 7) is 13.0. The molecule has 47 heavy (non-hydrogen) atoms. The normalized spacial score (nSPS) is 15.7. The van der Waals surface area contributed by atoms with Crippen molar-refractivity contribution in [2.24, 2.45) is 0 Å². The van der Waals surface area contributed by atoms with Crippen LogP contribution in [-0.4, -0.2) is 75.2 Å². The van der Waals surface area contributed by atoms with Crippen LogP contribution < -0.4 is 5.32 Å². The molecule has 1 saturated heterocycles. The summed E-state index contributed by atoms with van der Waals surface area (Å²) < 4.78 is 44.0. The van der Waals surface area contributed by atoms with Crippen LogP contribution in [0.2, 0.25) is 0 Å². The average Bonchev–Trinajstić information content (AvgIpc) is 3.64. The molecule has 1 unspecified atom stereocenters. The first-order chi connectivity index (χ1) is 22.0. The lowest BCUT2D eigenvalue weighted by atomic mass is 10.1. The zero-order valence-corrected chi connectivity index (χ0v) is 29.0. The zero-order chi connectivity index (χ0) is 34.1. The maximum Gasteiger partial charge on any atom is 0.413 e. The van der Waals surface area contributed by atoms with Crippen molar-refractivity contribution in [3.05, 3.63) is 47.5 Å². The molecule has 13 nitrogen and oxygen atoms in total. The summed E-state index contributed by atoms with van der Waals surface area (Å²) in [6.07, 6.45) is 1.16. The van der Waals surface area contributed by atoms with Crippen molar-refractivity contribution in [2.45, 2.75) is 82.7 Å². The quantitative estimate of drug-likeness (QED) is 0.228. The molecule has 0 spiro atoms. The minimum Gasteiger partial charge on any atom is -0.444 e. The molecule has 0 aliphatic carbocycles. The van der Waals surface area contributed by atoms with Gasteiger partial charge in [0.1, 0.15) is 11.2 Å². The summed E-state index contributed by atoms with van der Waals surface area (Å²) in [5.41, 5.74) is 0.592. The van der Waals surface area contributed by atoms with Gasteiger partial charge in [-0.05, 0) is 90.5 Å². The number of thiophene rings is 1. The van der Waals surface area contributed by atoms with Crippen LogP contribution in [0, 0.1) is 6.92 Å². The number of aryl methyl sites for hydroxylation is 1. The van der Waals surface area contributed by atoms with E-state index in [0.29, 0.717) is 36.5 Å². The van der Waals surface area contributed by atoms with Gasteiger partial charge in [0, 0.05) is 18.7 Å². The molecule has 0 radical (unpaired) electrons. The predicted molar refractivity (Wildman–Crippen MR) is 177 cm³/mol. The van der Waals surface area contributed by atoms with Crippen molar-refractivity contribution in [3.63, 3.8) is 0 Å². The molecular formula is C32H38N6O7S2. The van der Waals surface area contributed by atoms with Gasteiger partial charge in [0.2, 0.25) is 0 Å². The van der Waals surface area contributed by atoms with Gasteiger partial charge >= 0.3 is 12.2 Å². The minimum absolute atomic E-state index is 0.0271. The van der Waals surface area contributed by atoms with Gasteiger partial charge in [-0.2, -0.15) is 0 Å². The van der Waals surface area contributed by atoms with Crippen LogP contribution in [0.1, 0.15) is 59.9 Å². The summed E-state index contributed by atoms with van der Waals surface area (Å²) in [5, 5.41) is 12.1. The number of piperidine rings is 1. The van der Waals surface area contributed by atoms with Crippen molar-refractivity contribution >= 4 is 39.2 Å². The van der Waals surface area contributed by atoms with E-state index in [9.17, 15) is 18.0 Å². The van der Waals surface area contributed by atoms with E-state index in [4.69, 9.17) is 13.9 Å². The Hall–Kier alpha value is -4.37. The number of nitrogens with one attached hydrogen (secondary N) is 1. The lowest BCUT2D eigenvalue weighted by Crippen LogP contribution is -2.47. The van der Waals surface area contributed by atoms with Crippen LogP contribution in [0.25, 0.3) is 33.6 Å². The molecule has 1 aromatic carbocycles. The third-order valence-corrected chi connectivity index (χ3v) is 10.2. The third-order valence-electron chi connectivity index (χ3n) is 7.02. The second-order valence-corrected chi connectivity index (χ2v) is 16.3. The van der Waals surface area contributed by atoms with Gasteiger partial charge in [-0.1, -0.05) is 12.1 Å². The number of anilines is 1. The van der Waals surface area contributed by atoms with Crippen LogP contribution in [0.4, 0.5) is 15.4 Å². The minimum atomic E-state index is -3.76. The fraction of sp³-hybridized carbons (Fsp3) is 0.438. The highest BCUT2D eigenvalue weighted by molar-refractivity contribution is 7.92. The molecule has 1 aliphatic rings. The Balaban J connectivity index is 1.42. The smallest absolute Gasteiger partial charge is 0.413 e. The number of hydrogen-bond donors (Lipinski definition) is 1. The van der Waals surface area contributed by atoms with E-state index in [1.807, 2.05) is 18.4 Å². The van der Waals surface area contributed by atoms with Crippen LogP contribution in [-0.2, 0) is 19.3 Å². The number of ether oxygens (including phenoxy) is 2. The summed E-state index contributed by atoms with van der Waals surface area (Å²) >= 11 is 1.45. The van der Waals surface area contributed by atoms with E-state index in [0.717, 1.165) is 10.4 Å². The van der Waals surface area contributed by atoms with Crippen LogP contribution in [0.5, 0.6) is 0 Å². The van der Waals surface area contributed by atoms with Crippen molar-refractivity contribution in [1.29, 1.82) is 0 Å². The van der Waals surface area contributed by atoms with Crippen LogP contribution in [0.15, 0.2) is 51.2 Å². The standard InChI is InChI=1S/C32H38N6O7S2/c1-19-14-16-46-25(19)28-37-36-27(43-28)24-26(35-29(39)44-31(2,3)4)33-17-23(34-24)20-10-12-21(13-11-20)47(41,42)22-9-8-15-38(18-22)30(40)45-32(5,6)7/h10-14,16-17,22H,8-9,15,18H2,1-7H3,(H,33,35,39). The first-order valence-electron chi connectivity index (χ1n) is 15.1. The maximum atomic E-state index is 13.6. The van der Waals surface area contributed by atoms with Gasteiger partial charge in [-0.25, -0.2) is 28.0 Å². The highest BCUT2D eigenvalue weighted by atomic mass is 32.2. The van der Waals surface area contributed by atoms with Gasteiger partial charge in [-0.15, -0.1) is 21.5 Å². The molecule has 250 valence electrons. The fourth-order valence-corrected chi connectivity index (χ4v) is 7.46. The highest BCUT2D eigenvalue weighted by Gasteiger charge is 2.35. The van der Waals surface area contributed by atoms with Gasteiger partial charge in [-0.3, -0.25) is 5.32 Å². The summed E-state index contributed by atoms with van der Waals surface area (Å²) in [4.78, 5) is 36.8. The Kier molecular flexibility index (Phi) is 9.42. The van der Waals surface area contributed by atoms with Gasteiger partial charge in [0.25, 0.3) is 11.8 Å². The Labute approximate surface area is 277 Å². The monoisotopic (exact) mass is 682 g/mol. The largest absolute Gasteiger partial charge is 0.444 e. The zero-order valence-electron chi connectivity index (χ0n) is 27.4. The summed E-state index contributed by atoms with van der Waals surface area (Å²) in [7, 11) is -3.76. The Morgan fingerprint density at radius 1 is 1.00 bits per heavy atom. The first kappa shape index (κ1) is 34.0. The molecule has 0 bridgehead atoms. The van der Waals surface area contributed by atoms with E-state index in [1.165, 1.54) is 34.6 Å². The Morgan fingerprint density at radius 3 is 2.32 bits per heavy atom. The highest BCUT2D eigenvalue weighted by Crippen LogP contribution is 2.33. The molecular weight excluding hydrogens is 645 g/mol. The lowest BCUT2D eigenvalue weighted by molar-refractivity contribution is 0.0218. The molecule has 2 amide bonds. The first-order valence-corrected chi connectivity index (χ1v) is 17.5. The number of carbonyl (C=O) groups is 2. The number of benzene rings is 1. The van der Waals surface area contributed by atoms with E-state index in [-0.39, 0.29) is 28.8 Å². The predicted octanol–water partition coefficient (Wildman–Crippen LogP) is 6.75. The molecule has 1 aliphatic heterocycles. The maximum absolute atomic E-state index is 13.6. The number of amides is 2. The van der Waals surface area contributed by atoms with E-state index >= 15 is 0 Å². The average molecular weight is 683 g/mol. The third kappa shape index (κ3) is 8.14. The second-order valence-electron chi connectivity index (χ2n) is 13.2. The Morgan fingerprint density at radius 2 is 1.68 bits per heavy atom. The van der Waals surface area contributed by atoms with E-state index in [1.54, 1.807) is 53.7 Å². The van der Waals surface area contributed by atoms with Crippen molar-refractivity contribution in [2.75, 3.05) is 18.4 Å². The number of nitrogens with zero attached hydrogens (tertiary/aromatic N) is 5. The molecule has 5 rings (SSSR count). The molecule has 0 saturated carbocycles. The number of aromatic nitrogens is 4. The molecule has 1 atom stereocenters. The molecule has 1 N–H and O–H groups in total. The number of carbonyl (C=O) groups excluding carboxylic acids is 2. The number of sulfone groups is 1. The molecule has 15 heteroatoms. The van der Waals surface area contributed by atoms with Gasteiger partial charge in [0.15, 0.2) is 21.3 Å². The number of likely N-dealkylation sites (tertiary alicyclic amines) is 1. The van der Waals surface area contributed by atoms with Gasteiger partial charge < -0.3 is 18.8 Å². The molecule has 4 heterocycles.